The van der Waals surface area contributed by atoms with E-state index < -0.39 is 11.9 Å². The number of rotatable bonds is 6. The van der Waals surface area contributed by atoms with Crippen LogP contribution in [-0.2, 0) is 9.59 Å². The summed E-state index contributed by atoms with van der Waals surface area (Å²) in [6.45, 7) is 5.00. The molecule has 0 aromatic heterocycles. The number of carboxylic acid groups (broad SMARTS) is 2. The van der Waals surface area contributed by atoms with Gasteiger partial charge in [-0.2, -0.15) is 0 Å². The van der Waals surface area contributed by atoms with E-state index >= 15 is 0 Å². The molecular weight excluding hydrogens is 535 g/mol. The predicted molar refractivity (Wildman–Crippen MR) is 120 cm³/mol. The molecule has 2 aliphatic heterocycles. The molecule has 0 spiro atoms. The Labute approximate surface area is 202 Å². The van der Waals surface area contributed by atoms with Crippen LogP contribution in [0.2, 0.25) is 8.87 Å². The van der Waals surface area contributed by atoms with E-state index in [9.17, 15) is 19.8 Å². The van der Waals surface area contributed by atoms with Crippen molar-refractivity contribution in [3.8, 4) is 23.0 Å². The molecule has 0 bridgehead atoms. The van der Waals surface area contributed by atoms with Crippen LogP contribution in [0.1, 0.15) is 25.0 Å². The fourth-order valence-electron chi connectivity index (χ4n) is 2.61. The van der Waals surface area contributed by atoms with Crippen molar-refractivity contribution in [2.75, 3.05) is 13.6 Å². The maximum Gasteiger partial charge on any atom is 0.231 e. The SMILES string of the molecule is C[CH2][Sn+2][CH2]C.O=C([O-])/C=C/c1ccc2c(c1)OCO2.O=C([O-])/C=C/c1ccc2c(c1)OCO2. The van der Waals surface area contributed by atoms with Crippen molar-refractivity contribution in [1.82, 2.24) is 0 Å². The van der Waals surface area contributed by atoms with Crippen LogP contribution in [0.3, 0.4) is 0 Å². The van der Waals surface area contributed by atoms with Crippen molar-refractivity contribution in [2.24, 2.45) is 0 Å². The second-order valence-corrected chi connectivity index (χ2v) is 12.0. The third-order valence-corrected chi connectivity index (χ3v) is 6.97. The molecule has 2 aliphatic rings. The molecule has 2 heterocycles. The van der Waals surface area contributed by atoms with Gasteiger partial charge < -0.3 is 38.7 Å². The van der Waals surface area contributed by atoms with Gasteiger partial charge in [0.2, 0.25) is 13.6 Å². The molecule has 0 aliphatic carbocycles. The summed E-state index contributed by atoms with van der Waals surface area (Å²) in [5.41, 5.74) is 1.47. The van der Waals surface area contributed by atoms with Gasteiger partial charge >= 0.3 is 43.9 Å². The Morgan fingerprint density at radius 2 is 1.15 bits per heavy atom. The first-order chi connectivity index (χ1) is 15.9. The van der Waals surface area contributed by atoms with E-state index in [2.05, 4.69) is 13.8 Å². The quantitative estimate of drug-likeness (QED) is 0.390. The summed E-state index contributed by atoms with van der Waals surface area (Å²) in [6.07, 6.45) is 4.82. The smallest absolute Gasteiger partial charge is 0.231 e. The molecule has 4 rings (SSSR count). The van der Waals surface area contributed by atoms with Gasteiger partial charge in [0, 0.05) is 0 Å². The van der Waals surface area contributed by atoms with E-state index in [-0.39, 0.29) is 34.7 Å². The Hall–Kier alpha value is -3.14. The summed E-state index contributed by atoms with van der Waals surface area (Å²) in [6, 6.07) is 10.4. The average Bonchev–Trinajstić information content (AvgIpc) is 3.46. The molecule has 0 amide bonds. The van der Waals surface area contributed by atoms with Crippen LogP contribution in [0, 0.1) is 0 Å². The Bertz CT molecular complexity index is 920. The molecule has 0 unspecified atom stereocenters. The van der Waals surface area contributed by atoms with Crippen molar-refractivity contribution in [3.05, 3.63) is 59.7 Å². The fourth-order valence-corrected chi connectivity index (χ4v) is 4.04. The van der Waals surface area contributed by atoms with Gasteiger partial charge in [-0.1, -0.05) is 24.3 Å². The molecule has 0 atom stereocenters. The third-order valence-electron chi connectivity index (χ3n) is 4.12. The molecule has 2 aromatic rings. The third kappa shape index (κ3) is 9.48. The van der Waals surface area contributed by atoms with Crippen molar-refractivity contribution in [2.45, 2.75) is 22.7 Å². The van der Waals surface area contributed by atoms with Crippen molar-refractivity contribution < 1.29 is 38.7 Å². The van der Waals surface area contributed by atoms with Crippen LogP contribution in [0.25, 0.3) is 12.2 Å². The Kier molecular flexibility index (Phi) is 11.2. The van der Waals surface area contributed by atoms with Gasteiger partial charge in [0.05, 0.1) is 11.9 Å². The van der Waals surface area contributed by atoms with E-state index in [1.807, 2.05) is 0 Å². The zero-order valence-corrected chi connectivity index (χ0v) is 21.2. The maximum absolute atomic E-state index is 10.2. The van der Waals surface area contributed by atoms with Gasteiger partial charge in [0.15, 0.2) is 23.0 Å². The van der Waals surface area contributed by atoms with E-state index in [4.69, 9.17) is 18.9 Å². The molecule has 172 valence electrons. The summed E-state index contributed by atoms with van der Waals surface area (Å²) in [7, 11) is 0. The summed E-state index contributed by atoms with van der Waals surface area (Å²) in [5, 5.41) is 20.3. The van der Waals surface area contributed by atoms with E-state index in [1.54, 1.807) is 36.4 Å². The molecule has 0 saturated carbocycles. The first-order valence-electron chi connectivity index (χ1n) is 10.2. The Morgan fingerprint density at radius 1 is 0.758 bits per heavy atom. The number of carbonyl (C=O) groups excluding carboxylic acids is 2. The number of benzene rings is 2. The second kappa shape index (κ2) is 14.1. The number of aliphatic carboxylic acids is 2. The minimum Gasteiger partial charge on any atom is -0.545 e. The zero-order valence-electron chi connectivity index (χ0n) is 18.4. The molecule has 9 heteroatoms. The molecule has 33 heavy (non-hydrogen) atoms. The molecule has 0 radical (unpaired) electrons. The number of carbonyl (C=O) groups is 2. The van der Waals surface area contributed by atoms with Crippen LogP contribution in [-0.4, -0.2) is 46.7 Å². The first-order valence-corrected chi connectivity index (χ1v) is 14.2. The van der Waals surface area contributed by atoms with Crippen LogP contribution >= 0.6 is 0 Å². The molecule has 0 fully saturated rings. The minimum absolute atomic E-state index is 0.211. The minimum atomic E-state index is -1.22. The number of hydrogen-bond donors (Lipinski definition) is 0. The normalized spacial score (nSPS) is 12.4. The second-order valence-electron chi connectivity index (χ2n) is 6.49. The summed E-state index contributed by atoms with van der Waals surface area (Å²) >= 11 is 0.218. The first kappa shape index (κ1) is 26.1. The standard InChI is InChI=1S/2C10H8O4.2C2H5.Sn/c2*11-10(12)4-2-7-1-3-8-9(5-7)14-6-13-8;2*1-2;/h2*1-5H,6H2,(H,11,12);2*1H2,2H3;/q;;;;+2/p-2/b2*4-2+;;;. The number of ether oxygens (including phenoxy) is 4. The van der Waals surface area contributed by atoms with Crippen LogP contribution in [0.5, 0.6) is 23.0 Å². The zero-order chi connectivity index (χ0) is 24.1. The monoisotopic (exact) mass is 560 g/mol. The van der Waals surface area contributed by atoms with Gasteiger partial charge in [0.25, 0.3) is 0 Å². The summed E-state index contributed by atoms with van der Waals surface area (Å²) in [4.78, 5) is 20.3. The topological polar surface area (TPSA) is 117 Å². The van der Waals surface area contributed by atoms with Crippen LogP contribution in [0.4, 0.5) is 0 Å². The Balaban J connectivity index is 0.000000195. The van der Waals surface area contributed by atoms with Crippen LogP contribution < -0.4 is 29.2 Å². The summed E-state index contributed by atoms with van der Waals surface area (Å²) in [5.74, 6) is 0.174. The van der Waals surface area contributed by atoms with Crippen molar-refractivity contribution >= 4 is 45.2 Å². The number of hydrogen-bond acceptors (Lipinski definition) is 8. The maximum atomic E-state index is 10.2. The van der Waals surface area contributed by atoms with E-state index in [0.717, 1.165) is 23.3 Å². The van der Waals surface area contributed by atoms with Crippen molar-refractivity contribution in [1.29, 1.82) is 0 Å². The molecular formula is C24H24O8Sn. The van der Waals surface area contributed by atoms with Gasteiger partial charge in [0.1, 0.15) is 0 Å². The molecule has 2 aromatic carbocycles. The van der Waals surface area contributed by atoms with E-state index in [0.29, 0.717) is 23.0 Å². The molecule has 0 N–H and O–H groups in total. The van der Waals surface area contributed by atoms with E-state index in [1.165, 1.54) is 21.0 Å². The van der Waals surface area contributed by atoms with Crippen molar-refractivity contribution in [3.63, 3.8) is 0 Å². The van der Waals surface area contributed by atoms with Gasteiger partial charge in [-0.15, -0.1) is 0 Å². The predicted octanol–water partition coefficient (Wildman–Crippen LogP) is 1.92. The Morgan fingerprint density at radius 3 is 1.48 bits per heavy atom. The fraction of sp³-hybridized carbons (Fsp3) is 0.250. The largest absolute Gasteiger partial charge is 0.545 e. The van der Waals surface area contributed by atoms with Gasteiger partial charge in [-0.3, -0.25) is 0 Å². The van der Waals surface area contributed by atoms with Gasteiger partial charge in [-0.05, 0) is 47.5 Å². The van der Waals surface area contributed by atoms with Crippen LogP contribution in [0.15, 0.2) is 48.6 Å². The average molecular weight is 559 g/mol. The molecule has 0 saturated heterocycles. The number of fused-ring (bicyclic) bond motifs is 2. The summed E-state index contributed by atoms with van der Waals surface area (Å²) < 4.78 is 23.5. The number of carboxylic acids is 2. The molecule has 8 nitrogen and oxygen atoms in total. The van der Waals surface area contributed by atoms with Gasteiger partial charge in [-0.25, -0.2) is 0 Å².